The van der Waals surface area contributed by atoms with Gasteiger partial charge in [0, 0.05) is 27.9 Å². The molecule has 0 radical (unpaired) electrons. The first-order valence-corrected chi connectivity index (χ1v) is 9.34. The number of carboxylic acids is 1. The second-order valence-corrected chi connectivity index (χ2v) is 6.94. The number of aromatic carboxylic acids is 1. The van der Waals surface area contributed by atoms with E-state index < -0.39 is 12.0 Å². The minimum Gasteiger partial charge on any atom is -0.505 e. The molecule has 0 aliphatic heterocycles. The molecule has 5 nitrogen and oxygen atoms in total. The van der Waals surface area contributed by atoms with Crippen molar-refractivity contribution in [2.75, 3.05) is 5.32 Å². The summed E-state index contributed by atoms with van der Waals surface area (Å²) >= 11 is 6.45. The van der Waals surface area contributed by atoms with Gasteiger partial charge < -0.3 is 15.5 Å². The molecule has 29 heavy (non-hydrogen) atoms. The summed E-state index contributed by atoms with van der Waals surface area (Å²) in [7, 11) is 0. The summed E-state index contributed by atoms with van der Waals surface area (Å²) in [4.78, 5) is 15.9. The number of hydrogen-bond donors (Lipinski definition) is 3. The lowest BCUT2D eigenvalue weighted by atomic mass is 9.95. The number of halogens is 1. The topological polar surface area (TPSA) is 82.5 Å². The van der Waals surface area contributed by atoms with Gasteiger partial charge in [-0.1, -0.05) is 60.1 Å². The number of rotatable bonds is 5. The van der Waals surface area contributed by atoms with E-state index in [-0.39, 0.29) is 11.3 Å². The first kappa shape index (κ1) is 18.8. The predicted octanol–water partition coefficient (Wildman–Crippen LogP) is 5.49. The number of aromatic nitrogens is 1. The Morgan fingerprint density at radius 2 is 1.69 bits per heavy atom. The predicted molar refractivity (Wildman–Crippen MR) is 114 cm³/mol. The lowest BCUT2D eigenvalue weighted by molar-refractivity contribution is 0.0698. The summed E-state index contributed by atoms with van der Waals surface area (Å²) < 4.78 is 0. The quantitative estimate of drug-likeness (QED) is 0.409. The third kappa shape index (κ3) is 3.60. The van der Waals surface area contributed by atoms with Crippen LogP contribution >= 0.6 is 11.6 Å². The van der Waals surface area contributed by atoms with Crippen LogP contribution in [-0.4, -0.2) is 21.2 Å². The van der Waals surface area contributed by atoms with Crippen LogP contribution in [0.25, 0.3) is 10.9 Å². The van der Waals surface area contributed by atoms with Crippen molar-refractivity contribution >= 4 is 34.2 Å². The maximum Gasteiger partial charge on any atom is 0.337 e. The van der Waals surface area contributed by atoms with Gasteiger partial charge in [0.1, 0.15) is 11.3 Å². The van der Waals surface area contributed by atoms with Gasteiger partial charge in [-0.2, -0.15) is 0 Å². The average molecular weight is 405 g/mol. The van der Waals surface area contributed by atoms with E-state index in [1.165, 1.54) is 6.07 Å². The highest BCUT2D eigenvalue weighted by atomic mass is 35.5. The molecule has 144 valence electrons. The Balaban J connectivity index is 1.90. The summed E-state index contributed by atoms with van der Waals surface area (Å²) in [5.74, 6) is -1.02. The minimum absolute atomic E-state index is 0.0216. The van der Waals surface area contributed by atoms with Crippen LogP contribution in [0.2, 0.25) is 5.02 Å². The summed E-state index contributed by atoms with van der Waals surface area (Å²) in [6, 6.07) is 20.6. The van der Waals surface area contributed by atoms with Gasteiger partial charge in [0.05, 0.1) is 11.6 Å². The van der Waals surface area contributed by atoms with Gasteiger partial charge >= 0.3 is 5.97 Å². The number of benzene rings is 3. The number of nitrogens with one attached hydrogen (secondary N) is 1. The van der Waals surface area contributed by atoms with Crippen LogP contribution in [0, 0.1) is 0 Å². The van der Waals surface area contributed by atoms with Gasteiger partial charge in [0.2, 0.25) is 0 Å². The Bertz CT molecular complexity index is 1210. The molecular weight excluding hydrogens is 388 g/mol. The number of para-hydroxylation sites is 1. The van der Waals surface area contributed by atoms with Crippen molar-refractivity contribution in [2.24, 2.45) is 0 Å². The van der Waals surface area contributed by atoms with E-state index in [4.69, 9.17) is 11.6 Å². The Labute approximate surface area is 172 Å². The van der Waals surface area contributed by atoms with Crippen LogP contribution in [0.3, 0.4) is 0 Å². The Morgan fingerprint density at radius 1 is 0.931 bits per heavy atom. The molecule has 0 saturated carbocycles. The standard InChI is InChI=1S/C23H17ClN2O3/c24-18-9-3-1-7-15(18)21(26-19-10-4-2-8-16(19)23(28)29)17-12-11-14-6-5-13-25-20(14)22(17)27/h1-13,21,26-27H,(H,28,29). The van der Waals surface area contributed by atoms with Crippen LogP contribution in [0.15, 0.2) is 79.0 Å². The summed E-state index contributed by atoms with van der Waals surface area (Å²) in [6.07, 6.45) is 1.61. The lowest BCUT2D eigenvalue weighted by Gasteiger charge is -2.24. The van der Waals surface area contributed by atoms with Crippen LogP contribution in [-0.2, 0) is 0 Å². The molecule has 0 spiro atoms. The van der Waals surface area contributed by atoms with Crippen LogP contribution < -0.4 is 5.32 Å². The second-order valence-electron chi connectivity index (χ2n) is 6.53. The highest BCUT2D eigenvalue weighted by molar-refractivity contribution is 6.31. The normalized spacial score (nSPS) is 11.9. The Kier molecular flexibility index (Phi) is 5.06. The number of phenols is 1. The monoisotopic (exact) mass is 404 g/mol. The van der Waals surface area contributed by atoms with Gasteiger partial charge in [-0.15, -0.1) is 0 Å². The van der Waals surface area contributed by atoms with Crippen molar-refractivity contribution in [1.29, 1.82) is 0 Å². The van der Waals surface area contributed by atoms with Crippen LogP contribution in [0.5, 0.6) is 5.75 Å². The Morgan fingerprint density at radius 3 is 2.48 bits per heavy atom. The number of hydrogen-bond acceptors (Lipinski definition) is 4. The third-order valence-electron chi connectivity index (χ3n) is 4.76. The molecule has 4 aromatic rings. The molecular formula is C23H17ClN2O3. The van der Waals surface area contributed by atoms with Gasteiger partial charge in [-0.25, -0.2) is 4.79 Å². The maximum absolute atomic E-state index is 11.7. The molecule has 1 aromatic heterocycles. The van der Waals surface area contributed by atoms with E-state index in [9.17, 15) is 15.0 Å². The second kappa shape index (κ2) is 7.81. The fraction of sp³-hybridized carbons (Fsp3) is 0.0435. The van der Waals surface area contributed by atoms with Crippen molar-refractivity contribution in [1.82, 2.24) is 4.98 Å². The number of anilines is 1. The van der Waals surface area contributed by atoms with E-state index in [0.717, 1.165) is 5.39 Å². The van der Waals surface area contributed by atoms with Gasteiger partial charge in [0.15, 0.2) is 0 Å². The fourth-order valence-electron chi connectivity index (χ4n) is 3.36. The smallest absolute Gasteiger partial charge is 0.337 e. The maximum atomic E-state index is 11.7. The molecule has 3 aromatic carbocycles. The molecule has 1 atom stereocenters. The fourth-order valence-corrected chi connectivity index (χ4v) is 3.61. The zero-order valence-corrected chi connectivity index (χ0v) is 16.0. The van der Waals surface area contributed by atoms with Crippen molar-refractivity contribution in [2.45, 2.75) is 6.04 Å². The van der Waals surface area contributed by atoms with Crippen molar-refractivity contribution in [3.63, 3.8) is 0 Å². The van der Waals surface area contributed by atoms with E-state index in [1.54, 1.807) is 42.6 Å². The van der Waals surface area contributed by atoms with Gasteiger partial charge in [-0.05, 0) is 29.8 Å². The summed E-state index contributed by atoms with van der Waals surface area (Å²) in [6.45, 7) is 0. The minimum atomic E-state index is -1.05. The number of aromatic hydroxyl groups is 1. The highest BCUT2D eigenvalue weighted by Gasteiger charge is 2.23. The average Bonchev–Trinajstić information content (AvgIpc) is 2.74. The Hall–Kier alpha value is -3.57. The van der Waals surface area contributed by atoms with Crippen molar-refractivity contribution in [3.05, 3.63) is 101 Å². The SMILES string of the molecule is O=C(O)c1ccccc1NC(c1ccccc1Cl)c1ccc2cccnc2c1O. The molecule has 0 saturated heterocycles. The summed E-state index contributed by atoms with van der Waals surface area (Å²) in [5.41, 5.74) is 2.27. The van der Waals surface area contributed by atoms with Crippen molar-refractivity contribution < 1.29 is 15.0 Å². The molecule has 0 amide bonds. The zero-order chi connectivity index (χ0) is 20.4. The number of fused-ring (bicyclic) bond motifs is 1. The zero-order valence-electron chi connectivity index (χ0n) is 15.2. The molecule has 0 fully saturated rings. The number of pyridine rings is 1. The van der Waals surface area contributed by atoms with E-state index in [2.05, 4.69) is 10.3 Å². The molecule has 1 heterocycles. The lowest BCUT2D eigenvalue weighted by Crippen LogP contribution is -2.15. The molecule has 1 unspecified atom stereocenters. The van der Waals surface area contributed by atoms with E-state index in [1.807, 2.05) is 30.3 Å². The number of phenolic OH excluding ortho intramolecular Hbond substituents is 1. The van der Waals surface area contributed by atoms with Crippen LogP contribution in [0.1, 0.15) is 27.5 Å². The van der Waals surface area contributed by atoms with E-state index >= 15 is 0 Å². The molecule has 6 heteroatoms. The number of nitrogens with zero attached hydrogens (tertiary/aromatic N) is 1. The van der Waals surface area contributed by atoms with Crippen molar-refractivity contribution in [3.8, 4) is 5.75 Å². The summed E-state index contributed by atoms with van der Waals surface area (Å²) in [5, 5.41) is 25.1. The largest absolute Gasteiger partial charge is 0.505 e. The molecule has 3 N–H and O–H groups in total. The number of carbonyl (C=O) groups is 1. The molecule has 0 aliphatic rings. The molecule has 0 bridgehead atoms. The third-order valence-corrected chi connectivity index (χ3v) is 5.11. The van der Waals surface area contributed by atoms with E-state index in [0.29, 0.717) is 27.4 Å². The number of carboxylic acid groups (broad SMARTS) is 1. The van der Waals surface area contributed by atoms with Gasteiger partial charge in [0.25, 0.3) is 0 Å². The molecule has 0 aliphatic carbocycles. The highest BCUT2D eigenvalue weighted by Crippen LogP contribution is 2.39. The first-order chi connectivity index (χ1) is 14.1. The first-order valence-electron chi connectivity index (χ1n) is 8.96. The van der Waals surface area contributed by atoms with Crippen LogP contribution in [0.4, 0.5) is 5.69 Å². The molecule has 4 rings (SSSR count). The van der Waals surface area contributed by atoms with Gasteiger partial charge in [-0.3, -0.25) is 4.98 Å².